The molecule has 0 saturated heterocycles. The lowest BCUT2D eigenvalue weighted by atomic mass is 10.1. The first kappa shape index (κ1) is 11.8. The Bertz CT molecular complexity index is 406. The smallest absolute Gasteiger partial charge is 0.326 e. The molecule has 0 saturated carbocycles. The van der Waals surface area contributed by atoms with Crippen molar-refractivity contribution in [2.45, 2.75) is 12.5 Å². The summed E-state index contributed by atoms with van der Waals surface area (Å²) in [5.74, 6) is -1.14. The van der Waals surface area contributed by atoms with Crippen molar-refractivity contribution < 1.29 is 19.8 Å². The number of amides is 2. The van der Waals surface area contributed by atoms with Gasteiger partial charge in [-0.2, -0.15) is 0 Å². The van der Waals surface area contributed by atoms with Gasteiger partial charge in [0.25, 0.3) is 0 Å². The molecule has 0 heterocycles. The van der Waals surface area contributed by atoms with Crippen molar-refractivity contribution in [2.75, 3.05) is 0 Å². The Morgan fingerprint density at radius 2 is 2.12 bits per heavy atom. The van der Waals surface area contributed by atoms with Crippen molar-refractivity contribution >= 4 is 12.0 Å². The summed E-state index contributed by atoms with van der Waals surface area (Å²) in [6, 6.07) is 4.15. The minimum Gasteiger partial charge on any atom is -0.508 e. The van der Waals surface area contributed by atoms with Crippen LogP contribution in [0.1, 0.15) is 5.56 Å². The molecule has 1 atom stereocenters. The van der Waals surface area contributed by atoms with Gasteiger partial charge in [0.2, 0.25) is 0 Å². The number of carbonyl (C=O) groups is 2. The molecule has 2 amide bonds. The van der Waals surface area contributed by atoms with Gasteiger partial charge in [-0.05, 0) is 17.7 Å². The molecule has 0 fully saturated rings. The van der Waals surface area contributed by atoms with Crippen LogP contribution in [0.15, 0.2) is 24.3 Å². The average Bonchev–Trinajstić information content (AvgIpc) is 2.15. The molecule has 0 bridgehead atoms. The van der Waals surface area contributed by atoms with Gasteiger partial charge in [0.1, 0.15) is 11.8 Å². The van der Waals surface area contributed by atoms with E-state index in [0.29, 0.717) is 5.56 Å². The number of rotatable bonds is 4. The topological polar surface area (TPSA) is 113 Å². The number of carbonyl (C=O) groups excluding carboxylic acids is 1. The number of phenolic OH excluding ortho intramolecular Hbond substituents is 1. The normalized spacial score (nSPS) is 11.8. The number of aliphatic carboxylic acids is 1. The highest BCUT2D eigenvalue weighted by molar-refractivity contribution is 5.81. The number of phenols is 1. The average molecular weight is 224 g/mol. The zero-order valence-electron chi connectivity index (χ0n) is 8.38. The summed E-state index contributed by atoms with van der Waals surface area (Å²) in [5.41, 5.74) is 5.45. The maximum atomic E-state index is 10.8. The number of aromatic hydroxyl groups is 1. The number of hydrogen-bond donors (Lipinski definition) is 4. The van der Waals surface area contributed by atoms with E-state index in [1.165, 1.54) is 12.1 Å². The van der Waals surface area contributed by atoms with Crippen LogP contribution in [0.25, 0.3) is 0 Å². The summed E-state index contributed by atoms with van der Waals surface area (Å²) in [4.78, 5) is 21.4. The molecule has 1 aromatic rings. The van der Waals surface area contributed by atoms with Crippen LogP contribution in [-0.2, 0) is 11.2 Å². The fourth-order valence-electron chi connectivity index (χ4n) is 1.29. The summed E-state index contributed by atoms with van der Waals surface area (Å²) in [6.07, 6.45) is 0.0622. The summed E-state index contributed by atoms with van der Waals surface area (Å²) < 4.78 is 0. The van der Waals surface area contributed by atoms with Crippen molar-refractivity contribution in [3.05, 3.63) is 29.8 Å². The van der Waals surface area contributed by atoms with E-state index < -0.39 is 18.0 Å². The number of benzene rings is 1. The van der Waals surface area contributed by atoms with Gasteiger partial charge in [-0.1, -0.05) is 12.1 Å². The van der Waals surface area contributed by atoms with Crippen molar-refractivity contribution in [3.63, 3.8) is 0 Å². The fourth-order valence-corrected chi connectivity index (χ4v) is 1.29. The Morgan fingerprint density at radius 1 is 1.44 bits per heavy atom. The molecule has 1 unspecified atom stereocenters. The van der Waals surface area contributed by atoms with Crippen molar-refractivity contribution in [3.8, 4) is 5.75 Å². The van der Waals surface area contributed by atoms with Gasteiger partial charge in [0.15, 0.2) is 0 Å². The molecule has 6 heteroatoms. The predicted octanol–water partition coefficient (Wildman–Crippen LogP) is 0.0562. The van der Waals surface area contributed by atoms with E-state index in [0.717, 1.165) is 0 Å². The minimum absolute atomic E-state index is 0.0423. The quantitative estimate of drug-likeness (QED) is 0.579. The van der Waals surface area contributed by atoms with Gasteiger partial charge in [-0.15, -0.1) is 0 Å². The zero-order valence-corrected chi connectivity index (χ0v) is 8.38. The van der Waals surface area contributed by atoms with E-state index in [-0.39, 0.29) is 12.2 Å². The molecular weight excluding hydrogens is 212 g/mol. The number of urea groups is 1. The van der Waals surface area contributed by atoms with Gasteiger partial charge in [-0.25, -0.2) is 9.59 Å². The van der Waals surface area contributed by atoms with Gasteiger partial charge in [-0.3, -0.25) is 0 Å². The molecule has 5 N–H and O–H groups in total. The van der Waals surface area contributed by atoms with E-state index in [2.05, 4.69) is 5.32 Å². The Hall–Kier alpha value is -2.24. The minimum atomic E-state index is -1.18. The van der Waals surface area contributed by atoms with E-state index >= 15 is 0 Å². The first-order valence-corrected chi connectivity index (χ1v) is 4.55. The lowest BCUT2D eigenvalue weighted by molar-refractivity contribution is -0.139. The Labute approximate surface area is 91.7 Å². The highest BCUT2D eigenvalue weighted by Gasteiger charge is 2.19. The molecule has 0 spiro atoms. The van der Waals surface area contributed by atoms with Gasteiger partial charge >= 0.3 is 12.0 Å². The molecular formula is C10H12N2O4. The monoisotopic (exact) mass is 224 g/mol. The van der Waals surface area contributed by atoms with Crippen LogP contribution < -0.4 is 11.1 Å². The van der Waals surface area contributed by atoms with Crippen LogP contribution in [0.2, 0.25) is 0 Å². The number of carboxylic acid groups (broad SMARTS) is 1. The van der Waals surface area contributed by atoms with E-state index in [9.17, 15) is 14.7 Å². The Kier molecular flexibility index (Phi) is 3.71. The van der Waals surface area contributed by atoms with Gasteiger partial charge in [0, 0.05) is 6.42 Å². The Balaban J connectivity index is 2.75. The van der Waals surface area contributed by atoms with Crippen LogP contribution >= 0.6 is 0 Å². The number of carboxylic acids is 1. The summed E-state index contributed by atoms with van der Waals surface area (Å²) >= 11 is 0. The highest BCUT2D eigenvalue weighted by Crippen LogP contribution is 2.12. The van der Waals surface area contributed by atoms with E-state index in [1.54, 1.807) is 12.1 Å². The van der Waals surface area contributed by atoms with Crippen molar-refractivity contribution in [1.29, 1.82) is 0 Å². The largest absolute Gasteiger partial charge is 0.508 e. The van der Waals surface area contributed by atoms with Crippen LogP contribution in [0.5, 0.6) is 5.75 Å². The molecule has 0 aliphatic rings. The second-order valence-electron chi connectivity index (χ2n) is 3.27. The summed E-state index contributed by atoms with van der Waals surface area (Å²) in [7, 11) is 0. The third-order valence-corrected chi connectivity index (χ3v) is 1.96. The molecule has 6 nitrogen and oxygen atoms in total. The second kappa shape index (κ2) is 5.01. The molecule has 0 aliphatic heterocycles. The number of nitrogens with one attached hydrogen (secondary N) is 1. The van der Waals surface area contributed by atoms with Crippen LogP contribution in [0.3, 0.4) is 0 Å². The molecule has 0 aromatic heterocycles. The molecule has 1 aromatic carbocycles. The molecule has 0 aliphatic carbocycles. The lowest BCUT2D eigenvalue weighted by Crippen LogP contribution is -2.44. The third kappa shape index (κ3) is 3.49. The van der Waals surface area contributed by atoms with Crippen LogP contribution in [0, 0.1) is 0 Å². The van der Waals surface area contributed by atoms with E-state index in [4.69, 9.17) is 10.8 Å². The van der Waals surface area contributed by atoms with Crippen LogP contribution in [0.4, 0.5) is 4.79 Å². The zero-order chi connectivity index (χ0) is 12.1. The van der Waals surface area contributed by atoms with Crippen LogP contribution in [-0.4, -0.2) is 28.3 Å². The van der Waals surface area contributed by atoms with Gasteiger partial charge in [0.05, 0.1) is 0 Å². The maximum Gasteiger partial charge on any atom is 0.326 e. The van der Waals surface area contributed by atoms with Crippen molar-refractivity contribution in [2.24, 2.45) is 5.73 Å². The molecule has 1 rings (SSSR count). The predicted molar refractivity (Wildman–Crippen MR) is 56.0 cm³/mol. The molecule has 16 heavy (non-hydrogen) atoms. The van der Waals surface area contributed by atoms with Gasteiger partial charge < -0.3 is 21.3 Å². The van der Waals surface area contributed by atoms with E-state index in [1.807, 2.05) is 0 Å². The molecule has 0 radical (unpaired) electrons. The number of hydrogen-bond acceptors (Lipinski definition) is 3. The first-order chi connectivity index (χ1) is 7.49. The van der Waals surface area contributed by atoms with Crippen molar-refractivity contribution in [1.82, 2.24) is 5.32 Å². The maximum absolute atomic E-state index is 10.8. The lowest BCUT2D eigenvalue weighted by Gasteiger charge is -2.12. The fraction of sp³-hybridized carbons (Fsp3) is 0.200. The third-order valence-electron chi connectivity index (χ3n) is 1.96. The second-order valence-corrected chi connectivity index (χ2v) is 3.27. The summed E-state index contributed by atoms with van der Waals surface area (Å²) in [6.45, 7) is 0. The summed E-state index contributed by atoms with van der Waals surface area (Å²) in [5, 5.41) is 20.1. The standard InChI is InChI=1S/C10H12N2O4/c11-10(16)12-8(9(14)15)5-6-2-1-3-7(13)4-6/h1-4,8,13H,5H2,(H,14,15)(H3,11,12,16). The number of primary amides is 1. The molecule has 86 valence electrons. The number of nitrogens with two attached hydrogens (primary N) is 1. The Morgan fingerprint density at radius 3 is 2.62 bits per heavy atom. The first-order valence-electron chi connectivity index (χ1n) is 4.55. The SMILES string of the molecule is NC(=O)NC(Cc1cccc(O)c1)C(=O)O. The highest BCUT2D eigenvalue weighted by atomic mass is 16.4.